The lowest BCUT2D eigenvalue weighted by atomic mass is 9.79. The summed E-state index contributed by atoms with van der Waals surface area (Å²) in [5, 5.41) is 10.2. The number of ether oxygens (including phenoxy) is 2. The molecule has 1 heterocycles. The number of hydrogen-bond acceptors (Lipinski definition) is 5. The Hall–Kier alpha value is -2.04. The van der Waals surface area contributed by atoms with Gasteiger partial charge in [0.1, 0.15) is 24.0 Å². The zero-order valence-corrected chi connectivity index (χ0v) is 17.0. The van der Waals surface area contributed by atoms with Crippen LogP contribution in [0.1, 0.15) is 63.5 Å². The van der Waals surface area contributed by atoms with Crippen LogP contribution in [0.15, 0.2) is 12.1 Å². The Morgan fingerprint density at radius 3 is 2.57 bits per heavy atom. The molecule has 5 nitrogen and oxygen atoms in total. The molecule has 1 saturated carbocycles. The highest BCUT2D eigenvalue weighted by molar-refractivity contribution is 6.02. The number of phenols is 1. The Bertz CT molecular complexity index is 705. The van der Waals surface area contributed by atoms with E-state index >= 15 is 0 Å². The molecule has 2 atom stereocenters. The molecule has 0 aromatic heterocycles. The Morgan fingerprint density at radius 2 is 1.89 bits per heavy atom. The lowest BCUT2D eigenvalue weighted by Gasteiger charge is -2.30. The zero-order chi connectivity index (χ0) is 20.1. The first kappa shape index (κ1) is 20.7. The highest BCUT2D eigenvalue weighted by Crippen LogP contribution is 2.37. The van der Waals surface area contributed by atoms with E-state index in [0.717, 1.165) is 30.4 Å². The van der Waals surface area contributed by atoms with Gasteiger partial charge < -0.3 is 14.6 Å². The van der Waals surface area contributed by atoms with Gasteiger partial charge in [0.25, 0.3) is 0 Å². The first-order valence-electron chi connectivity index (χ1n) is 10.7. The lowest BCUT2D eigenvalue weighted by molar-refractivity contribution is -0.164. The molecule has 0 spiro atoms. The molecule has 2 unspecified atom stereocenters. The van der Waals surface area contributed by atoms with Gasteiger partial charge in [-0.15, -0.1) is 0 Å². The predicted molar refractivity (Wildman–Crippen MR) is 106 cm³/mol. The maximum atomic E-state index is 13.0. The van der Waals surface area contributed by atoms with Crippen molar-refractivity contribution >= 4 is 11.8 Å². The third-order valence-electron chi connectivity index (χ3n) is 6.17. The Balaban J connectivity index is 1.73. The number of benzene rings is 1. The summed E-state index contributed by atoms with van der Waals surface area (Å²) >= 11 is 0. The van der Waals surface area contributed by atoms with Crippen molar-refractivity contribution in [3.8, 4) is 11.5 Å². The van der Waals surface area contributed by atoms with Gasteiger partial charge in [0.2, 0.25) is 0 Å². The average Bonchev–Trinajstić information content (AvgIpc) is 3.21. The lowest BCUT2D eigenvalue weighted by Crippen LogP contribution is -2.43. The monoisotopic (exact) mass is 388 g/mol. The van der Waals surface area contributed by atoms with Gasteiger partial charge in [0.15, 0.2) is 5.78 Å². The van der Waals surface area contributed by atoms with Gasteiger partial charge in [0.05, 0.1) is 12.5 Å². The fourth-order valence-corrected chi connectivity index (χ4v) is 4.51. The third-order valence-corrected chi connectivity index (χ3v) is 6.17. The van der Waals surface area contributed by atoms with Crippen molar-refractivity contribution in [2.45, 2.75) is 65.2 Å². The van der Waals surface area contributed by atoms with Crippen LogP contribution in [0.25, 0.3) is 0 Å². The second-order valence-corrected chi connectivity index (χ2v) is 8.07. The number of carbonyl (C=O) groups is 2. The van der Waals surface area contributed by atoms with E-state index in [1.807, 2.05) is 19.9 Å². The summed E-state index contributed by atoms with van der Waals surface area (Å²) in [6.07, 6.45) is 7.01. The standard InChI is InChI=1S/C23H32O5/c1-3-11-27-21-13-20(24)15(4-2)12-17(21)9-10-18-22(25)19(14-28-23(18)26)16-7-5-6-8-16/h12-13,16,18-19,24H,3-11,14H2,1-2H3. The van der Waals surface area contributed by atoms with Crippen molar-refractivity contribution in [2.75, 3.05) is 13.2 Å². The van der Waals surface area contributed by atoms with Gasteiger partial charge in [-0.1, -0.05) is 26.7 Å². The normalized spacial score (nSPS) is 23.1. The van der Waals surface area contributed by atoms with Gasteiger partial charge in [0, 0.05) is 6.07 Å². The third kappa shape index (κ3) is 4.50. The molecule has 2 aliphatic rings. The van der Waals surface area contributed by atoms with Gasteiger partial charge >= 0.3 is 5.97 Å². The predicted octanol–water partition coefficient (Wildman–Crippen LogP) is 4.22. The second-order valence-electron chi connectivity index (χ2n) is 8.07. The summed E-state index contributed by atoms with van der Waals surface area (Å²) < 4.78 is 11.2. The minimum Gasteiger partial charge on any atom is -0.508 e. The summed E-state index contributed by atoms with van der Waals surface area (Å²) in [5.41, 5.74) is 1.78. The number of Topliss-reactive ketones (excluding diaryl/α,β-unsaturated/α-hetero) is 1. The van der Waals surface area contributed by atoms with Crippen molar-refractivity contribution in [1.82, 2.24) is 0 Å². The van der Waals surface area contributed by atoms with E-state index < -0.39 is 5.92 Å². The van der Waals surface area contributed by atoms with Crippen molar-refractivity contribution in [2.24, 2.45) is 17.8 Å². The van der Waals surface area contributed by atoms with Crippen LogP contribution in [0.3, 0.4) is 0 Å². The van der Waals surface area contributed by atoms with Crippen LogP contribution in [0.5, 0.6) is 11.5 Å². The molecule has 1 saturated heterocycles. The van der Waals surface area contributed by atoms with Crippen LogP contribution < -0.4 is 4.74 Å². The average molecular weight is 389 g/mol. The molecule has 1 N–H and O–H groups in total. The molecule has 0 amide bonds. The minimum absolute atomic E-state index is 0.0636. The quantitative estimate of drug-likeness (QED) is 0.533. The largest absolute Gasteiger partial charge is 0.508 e. The second kappa shape index (κ2) is 9.44. The number of ketones is 1. The van der Waals surface area contributed by atoms with Crippen LogP contribution in [0.4, 0.5) is 0 Å². The van der Waals surface area contributed by atoms with Crippen molar-refractivity contribution < 1.29 is 24.2 Å². The molecular formula is C23H32O5. The maximum absolute atomic E-state index is 13.0. The number of esters is 1. The van der Waals surface area contributed by atoms with Crippen LogP contribution in [-0.2, 0) is 27.2 Å². The van der Waals surface area contributed by atoms with E-state index in [1.165, 1.54) is 12.8 Å². The van der Waals surface area contributed by atoms with Gasteiger partial charge in [-0.3, -0.25) is 9.59 Å². The van der Waals surface area contributed by atoms with E-state index in [4.69, 9.17) is 9.47 Å². The highest BCUT2D eigenvalue weighted by atomic mass is 16.5. The molecule has 28 heavy (non-hydrogen) atoms. The number of carbonyl (C=O) groups excluding carboxylic acids is 2. The summed E-state index contributed by atoms with van der Waals surface area (Å²) in [6, 6.07) is 3.60. The molecule has 154 valence electrons. The number of aryl methyl sites for hydroxylation is 2. The highest BCUT2D eigenvalue weighted by Gasteiger charge is 2.42. The smallest absolute Gasteiger partial charge is 0.316 e. The number of phenolic OH excluding ortho intramolecular Hbond substituents is 1. The molecule has 3 rings (SSSR count). The van der Waals surface area contributed by atoms with Gasteiger partial charge in [-0.2, -0.15) is 0 Å². The van der Waals surface area contributed by atoms with Crippen LogP contribution in [0, 0.1) is 17.8 Å². The molecule has 1 aliphatic heterocycles. The number of aromatic hydroxyl groups is 1. The molecule has 1 aromatic rings. The summed E-state index contributed by atoms with van der Waals surface area (Å²) in [7, 11) is 0. The van der Waals surface area contributed by atoms with E-state index in [0.29, 0.717) is 37.5 Å². The van der Waals surface area contributed by atoms with E-state index in [1.54, 1.807) is 6.07 Å². The number of hydrogen-bond donors (Lipinski definition) is 1. The summed E-state index contributed by atoms with van der Waals surface area (Å²) in [6.45, 7) is 4.83. The maximum Gasteiger partial charge on any atom is 0.316 e. The van der Waals surface area contributed by atoms with Gasteiger partial charge in [-0.05, 0) is 61.6 Å². The zero-order valence-electron chi connectivity index (χ0n) is 17.0. The molecule has 1 aliphatic carbocycles. The van der Waals surface area contributed by atoms with Crippen molar-refractivity contribution in [3.05, 3.63) is 23.3 Å². The molecule has 0 radical (unpaired) electrons. The van der Waals surface area contributed by atoms with Crippen LogP contribution >= 0.6 is 0 Å². The van der Waals surface area contributed by atoms with E-state index in [9.17, 15) is 14.7 Å². The topological polar surface area (TPSA) is 72.8 Å². The summed E-state index contributed by atoms with van der Waals surface area (Å²) in [4.78, 5) is 25.3. The van der Waals surface area contributed by atoms with E-state index in [2.05, 4.69) is 0 Å². The Kier molecular flexibility index (Phi) is 6.97. The van der Waals surface area contributed by atoms with Crippen LogP contribution in [0.2, 0.25) is 0 Å². The number of rotatable bonds is 8. The van der Waals surface area contributed by atoms with Gasteiger partial charge in [-0.25, -0.2) is 0 Å². The number of cyclic esters (lactones) is 1. The Labute approximate surface area is 167 Å². The molecule has 0 bridgehead atoms. The SMILES string of the molecule is CCCOc1cc(O)c(CC)cc1CCC1C(=O)OCC(C2CCCC2)C1=O. The minimum atomic E-state index is -0.683. The Morgan fingerprint density at radius 1 is 1.14 bits per heavy atom. The first-order valence-corrected chi connectivity index (χ1v) is 10.7. The molecule has 1 aromatic carbocycles. The molecular weight excluding hydrogens is 356 g/mol. The van der Waals surface area contributed by atoms with Crippen LogP contribution in [-0.4, -0.2) is 30.1 Å². The fourth-order valence-electron chi connectivity index (χ4n) is 4.51. The summed E-state index contributed by atoms with van der Waals surface area (Å²) in [5.74, 6) is 0.0990. The van der Waals surface area contributed by atoms with Crippen molar-refractivity contribution in [3.63, 3.8) is 0 Å². The molecule has 2 fully saturated rings. The fraction of sp³-hybridized carbons (Fsp3) is 0.652. The first-order chi connectivity index (χ1) is 13.5. The molecule has 5 heteroatoms. The van der Waals surface area contributed by atoms with Crippen molar-refractivity contribution in [1.29, 1.82) is 0 Å². The van der Waals surface area contributed by atoms with E-state index in [-0.39, 0.29) is 30.0 Å².